The molecule has 20 heavy (non-hydrogen) atoms. The fraction of sp³-hybridized carbons (Fsp3) is 0.231. The van der Waals surface area contributed by atoms with E-state index >= 15 is 0 Å². The molecule has 6 nitrogen and oxygen atoms in total. The van der Waals surface area contributed by atoms with Crippen LogP contribution in [0.3, 0.4) is 0 Å². The van der Waals surface area contributed by atoms with E-state index in [-0.39, 0.29) is 11.8 Å². The van der Waals surface area contributed by atoms with Crippen molar-refractivity contribution < 1.29 is 12.8 Å². The van der Waals surface area contributed by atoms with Crippen LogP contribution in [-0.2, 0) is 16.4 Å². The van der Waals surface area contributed by atoms with Gasteiger partial charge in [-0.05, 0) is 12.1 Å². The van der Waals surface area contributed by atoms with Crippen LogP contribution in [0.2, 0.25) is 0 Å². The van der Waals surface area contributed by atoms with Gasteiger partial charge in [0.2, 0.25) is 11.8 Å². The quantitative estimate of drug-likeness (QED) is 0.909. The molecule has 1 aromatic heterocycles. The second-order valence-corrected chi connectivity index (χ2v) is 6.44. The number of nitrogens with one attached hydrogen (secondary N) is 1. The van der Waals surface area contributed by atoms with Crippen LogP contribution in [0.4, 0.5) is 0 Å². The van der Waals surface area contributed by atoms with Crippen LogP contribution in [0.1, 0.15) is 5.89 Å². The molecular weight excluding hydrogens is 278 g/mol. The molecule has 0 amide bonds. The van der Waals surface area contributed by atoms with Gasteiger partial charge in [0.25, 0.3) is 0 Å². The first-order valence-electron chi connectivity index (χ1n) is 6.14. The van der Waals surface area contributed by atoms with Crippen molar-refractivity contribution in [2.24, 2.45) is 0 Å². The third-order valence-electron chi connectivity index (χ3n) is 2.93. The Morgan fingerprint density at radius 2 is 2.05 bits per heavy atom. The fourth-order valence-electron chi connectivity index (χ4n) is 1.94. The van der Waals surface area contributed by atoms with E-state index in [0.717, 1.165) is 5.56 Å². The topological polar surface area (TPSA) is 85.1 Å². The summed E-state index contributed by atoms with van der Waals surface area (Å²) in [5.74, 6) is 0.964. The third-order valence-corrected chi connectivity index (χ3v) is 4.33. The number of aromatic nitrogens is 2. The highest BCUT2D eigenvalue weighted by Crippen LogP contribution is 2.17. The average molecular weight is 291 g/mol. The molecule has 0 saturated carbocycles. The molecule has 3 rings (SSSR count). The molecule has 1 atom stereocenters. The molecule has 1 N–H and O–H groups in total. The molecule has 0 fully saturated rings. The Balaban J connectivity index is 1.63. The second-order valence-electron chi connectivity index (χ2n) is 4.51. The molecule has 1 aliphatic heterocycles. The van der Waals surface area contributed by atoms with Crippen LogP contribution < -0.4 is 5.32 Å². The van der Waals surface area contributed by atoms with Crippen LogP contribution in [0.25, 0.3) is 11.5 Å². The molecule has 7 heteroatoms. The van der Waals surface area contributed by atoms with Crippen molar-refractivity contribution in [3.8, 4) is 11.5 Å². The predicted molar refractivity (Wildman–Crippen MR) is 73.3 cm³/mol. The largest absolute Gasteiger partial charge is 0.419 e. The average Bonchev–Trinajstić information content (AvgIpc) is 3.04. The lowest BCUT2D eigenvalue weighted by atomic mass is 10.2. The van der Waals surface area contributed by atoms with Crippen molar-refractivity contribution in [2.45, 2.75) is 12.6 Å². The molecule has 0 aliphatic carbocycles. The van der Waals surface area contributed by atoms with Gasteiger partial charge in [-0.25, -0.2) is 8.42 Å². The normalized spacial score (nSPS) is 20.3. The van der Waals surface area contributed by atoms with Gasteiger partial charge in [0.1, 0.15) is 0 Å². The summed E-state index contributed by atoms with van der Waals surface area (Å²) in [7, 11) is -3.05. The van der Waals surface area contributed by atoms with Crippen molar-refractivity contribution in [2.75, 3.05) is 5.75 Å². The van der Waals surface area contributed by atoms with Gasteiger partial charge >= 0.3 is 0 Å². The van der Waals surface area contributed by atoms with E-state index in [4.69, 9.17) is 4.42 Å². The zero-order chi connectivity index (χ0) is 14.0. The van der Waals surface area contributed by atoms with Gasteiger partial charge in [0.15, 0.2) is 9.84 Å². The van der Waals surface area contributed by atoms with E-state index < -0.39 is 9.84 Å². The molecule has 2 aromatic rings. The molecule has 0 bridgehead atoms. The van der Waals surface area contributed by atoms with Crippen LogP contribution >= 0.6 is 0 Å². The summed E-state index contributed by atoms with van der Waals surface area (Å²) < 4.78 is 28.0. The first-order chi connectivity index (χ1) is 9.62. The van der Waals surface area contributed by atoms with Gasteiger partial charge in [0, 0.05) is 17.0 Å². The molecule has 2 heterocycles. The lowest BCUT2D eigenvalue weighted by molar-refractivity contribution is 0.469. The lowest BCUT2D eigenvalue weighted by Gasteiger charge is -2.06. The Hall–Kier alpha value is -1.99. The Morgan fingerprint density at radius 3 is 2.75 bits per heavy atom. The summed E-state index contributed by atoms with van der Waals surface area (Å²) in [6.07, 6.45) is 1.63. The number of benzene rings is 1. The minimum absolute atomic E-state index is 0.0761. The summed E-state index contributed by atoms with van der Waals surface area (Å²) in [5.41, 5.74) is 0.856. The van der Waals surface area contributed by atoms with Crippen LogP contribution in [0, 0.1) is 0 Å². The minimum Gasteiger partial charge on any atom is -0.419 e. The molecule has 1 aliphatic rings. The van der Waals surface area contributed by atoms with E-state index in [1.54, 1.807) is 6.08 Å². The lowest BCUT2D eigenvalue weighted by Crippen LogP contribution is -2.29. The smallest absolute Gasteiger partial charge is 0.247 e. The van der Waals surface area contributed by atoms with Crippen molar-refractivity contribution in [3.05, 3.63) is 47.7 Å². The summed E-state index contributed by atoms with van der Waals surface area (Å²) in [4.78, 5) is 0. The summed E-state index contributed by atoms with van der Waals surface area (Å²) >= 11 is 0. The molecule has 1 aromatic carbocycles. The summed E-state index contributed by atoms with van der Waals surface area (Å²) in [5, 5.41) is 12.2. The highest BCUT2D eigenvalue weighted by atomic mass is 32.2. The number of hydrogen-bond donors (Lipinski definition) is 1. The SMILES string of the molecule is O=S1(=O)C=CC(NCc2nnc(-c3ccccc3)o2)C1. The standard InChI is InChI=1S/C13H13N3O3S/c17-20(18)7-6-11(9-20)14-8-12-15-16-13(19-12)10-4-2-1-3-5-10/h1-7,11,14H,8-9H2. The second kappa shape index (κ2) is 5.18. The monoisotopic (exact) mass is 291 g/mol. The summed E-state index contributed by atoms with van der Waals surface area (Å²) in [6, 6.07) is 9.27. The van der Waals surface area contributed by atoms with E-state index in [9.17, 15) is 8.42 Å². The molecule has 1 unspecified atom stereocenters. The van der Waals surface area contributed by atoms with Crippen LogP contribution in [0.15, 0.2) is 46.2 Å². The maximum Gasteiger partial charge on any atom is 0.247 e. The van der Waals surface area contributed by atoms with Crippen molar-refractivity contribution >= 4 is 9.84 Å². The van der Waals surface area contributed by atoms with Gasteiger partial charge in [-0.2, -0.15) is 0 Å². The maximum atomic E-state index is 11.3. The van der Waals surface area contributed by atoms with Crippen molar-refractivity contribution in [1.29, 1.82) is 0 Å². The fourth-order valence-corrected chi connectivity index (χ4v) is 3.21. The zero-order valence-corrected chi connectivity index (χ0v) is 11.4. The van der Waals surface area contributed by atoms with Gasteiger partial charge in [0.05, 0.1) is 12.3 Å². The van der Waals surface area contributed by atoms with Crippen molar-refractivity contribution in [1.82, 2.24) is 15.5 Å². The third kappa shape index (κ3) is 2.94. The Kier molecular flexibility index (Phi) is 3.37. The first kappa shape index (κ1) is 13.0. The Labute approximate surface area is 116 Å². The first-order valence-corrected chi connectivity index (χ1v) is 7.86. The van der Waals surface area contributed by atoms with Gasteiger partial charge in [-0.15, -0.1) is 10.2 Å². The van der Waals surface area contributed by atoms with E-state index in [0.29, 0.717) is 18.3 Å². The minimum atomic E-state index is -3.05. The Bertz CT molecular complexity index is 722. The number of nitrogens with zero attached hydrogens (tertiary/aromatic N) is 2. The molecular formula is C13H13N3O3S. The highest BCUT2D eigenvalue weighted by molar-refractivity contribution is 7.94. The van der Waals surface area contributed by atoms with Gasteiger partial charge in [-0.1, -0.05) is 24.3 Å². The predicted octanol–water partition coefficient (Wildman–Crippen LogP) is 1.14. The van der Waals surface area contributed by atoms with Crippen LogP contribution in [-0.4, -0.2) is 30.4 Å². The number of hydrogen-bond acceptors (Lipinski definition) is 6. The van der Waals surface area contributed by atoms with E-state index in [1.807, 2.05) is 30.3 Å². The maximum absolute atomic E-state index is 11.3. The number of rotatable bonds is 4. The Morgan fingerprint density at radius 1 is 1.25 bits per heavy atom. The van der Waals surface area contributed by atoms with Crippen LogP contribution in [0.5, 0.6) is 0 Å². The summed E-state index contributed by atoms with van der Waals surface area (Å²) in [6.45, 7) is 0.338. The molecule has 0 saturated heterocycles. The molecule has 104 valence electrons. The molecule has 0 radical (unpaired) electrons. The molecule has 0 spiro atoms. The number of sulfone groups is 1. The highest BCUT2D eigenvalue weighted by Gasteiger charge is 2.21. The zero-order valence-electron chi connectivity index (χ0n) is 10.6. The van der Waals surface area contributed by atoms with E-state index in [2.05, 4.69) is 15.5 Å². The van der Waals surface area contributed by atoms with E-state index in [1.165, 1.54) is 5.41 Å². The van der Waals surface area contributed by atoms with Crippen molar-refractivity contribution in [3.63, 3.8) is 0 Å². The van der Waals surface area contributed by atoms with Gasteiger partial charge in [-0.3, -0.25) is 0 Å². The van der Waals surface area contributed by atoms with Gasteiger partial charge < -0.3 is 9.73 Å².